The summed E-state index contributed by atoms with van der Waals surface area (Å²) in [6, 6.07) is 3.37. The van der Waals surface area contributed by atoms with Crippen molar-refractivity contribution in [3.05, 3.63) is 40.9 Å². The molecule has 0 atom stereocenters. The van der Waals surface area contributed by atoms with Crippen molar-refractivity contribution < 1.29 is 18.3 Å². The van der Waals surface area contributed by atoms with Crippen LogP contribution < -0.4 is 0 Å². The molecule has 0 bridgehead atoms. The van der Waals surface area contributed by atoms with E-state index in [2.05, 4.69) is 9.72 Å². The lowest BCUT2D eigenvalue weighted by Gasteiger charge is -1.99. The molecule has 0 saturated carbocycles. The van der Waals surface area contributed by atoms with Gasteiger partial charge in [-0.15, -0.1) is 11.3 Å². The van der Waals surface area contributed by atoms with Crippen LogP contribution in [0.25, 0.3) is 10.6 Å². The highest BCUT2D eigenvalue weighted by atomic mass is 32.1. The molecule has 2 rings (SSSR count). The Kier molecular flexibility index (Phi) is 4.21. The molecule has 0 saturated heterocycles. The van der Waals surface area contributed by atoms with E-state index in [-0.39, 0.29) is 18.0 Å². The van der Waals surface area contributed by atoms with Gasteiger partial charge < -0.3 is 4.74 Å². The number of aromatic nitrogens is 1. The second-order valence-corrected chi connectivity index (χ2v) is 4.70. The van der Waals surface area contributed by atoms with Crippen LogP contribution in [-0.4, -0.2) is 18.1 Å². The molecule has 2 aromatic rings. The Labute approximate surface area is 112 Å². The number of hydrogen-bond acceptors (Lipinski definition) is 4. The zero-order valence-electron chi connectivity index (χ0n) is 10.2. The van der Waals surface area contributed by atoms with Crippen molar-refractivity contribution in [3.8, 4) is 10.6 Å². The topological polar surface area (TPSA) is 39.2 Å². The monoisotopic (exact) mass is 283 g/mol. The van der Waals surface area contributed by atoms with Gasteiger partial charge in [0.05, 0.1) is 19.2 Å². The van der Waals surface area contributed by atoms with Gasteiger partial charge in [-0.1, -0.05) is 0 Å². The Morgan fingerprint density at radius 2 is 2.21 bits per heavy atom. The maximum atomic E-state index is 13.6. The third-order valence-corrected chi connectivity index (χ3v) is 3.45. The SMILES string of the molecule is COC(=O)CCc1csc(-c2ccc(F)cc2F)n1. The third kappa shape index (κ3) is 3.35. The number of halogens is 2. The van der Waals surface area contributed by atoms with Crippen molar-refractivity contribution >= 4 is 17.3 Å². The predicted octanol–water partition coefficient (Wildman–Crippen LogP) is 3.19. The van der Waals surface area contributed by atoms with Gasteiger partial charge in [0, 0.05) is 23.4 Å². The Hall–Kier alpha value is -1.82. The molecule has 0 unspecified atom stereocenters. The summed E-state index contributed by atoms with van der Waals surface area (Å²) >= 11 is 1.26. The van der Waals surface area contributed by atoms with Crippen LogP contribution in [0.2, 0.25) is 0 Å². The lowest BCUT2D eigenvalue weighted by molar-refractivity contribution is -0.140. The van der Waals surface area contributed by atoms with Crippen LogP contribution in [-0.2, 0) is 16.0 Å². The second kappa shape index (κ2) is 5.88. The van der Waals surface area contributed by atoms with E-state index in [4.69, 9.17) is 0 Å². The van der Waals surface area contributed by atoms with E-state index in [1.165, 1.54) is 30.6 Å². The van der Waals surface area contributed by atoms with Crippen molar-refractivity contribution in [1.82, 2.24) is 4.98 Å². The maximum absolute atomic E-state index is 13.6. The summed E-state index contributed by atoms with van der Waals surface area (Å²) in [5, 5.41) is 2.22. The molecule has 0 spiro atoms. The van der Waals surface area contributed by atoms with E-state index in [1.54, 1.807) is 5.38 Å². The van der Waals surface area contributed by atoms with Gasteiger partial charge in [-0.25, -0.2) is 13.8 Å². The number of hydrogen-bond donors (Lipinski definition) is 0. The normalized spacial score (nSPS) is 10.5. The molecular formula is C13H11F2NO2S. The number of rotatable bonds is 4. The van der Waals surface area contributed by atoms with Crippen LogP contribution in [0.4, 0.5) is 8.78 Å². The number of esters is 1. The molecule has 100 valence electrons. The average Bonchev–Trinajstić information content (AvgIpc) is 2.84. The molecule has 1 aromatic heterocycles. The minimum Gasteiger partial charge on any atom is -0.469 e. The van der Waals surface area contributed by atoms with Gasteiger partial charge in [-0.05, 0) is 12.1 Å². The summed E-state index contributed by atoms with van der Waals surface area (Å²) in [6.07, 6.45) is 0.664. The first-order valence-electron chi connectivity index (χ1n) is 5.57. The van der Waals surface area contributed by atoms with Gasteiger partial charge >= 0.3 is 5.97 Å². The highest BCUT2D eigenvalue weighted by Gasteiger charge is 2.11. The highest BCUT2D eigenvalue weighted by molar-refractivity contribution is 7.13. The molecule has 0 aliphatic carbocycles. The summed E-state index contributed by atoms with van der Waals surface area (Å²) in [6.45, 7) is 0. The van der Waals surface area contributed by atoms with Crippen LogP contribution in [0.15, 0.2) is 23.6 Å². The zero-order chi connectivity index (χ0) is 13.8. The highest BCUT2D eigenvalue weighted by Crippen LogP contribution is 2.27. The number of carbonyl (C=O) groups excluding carboxylic acids is 1. The number of thiazole rings is 1. The van der Waals surface area contributed by atoms with Crippen molar-refractivity contribution in [2.45, 2.75) is 12.8 Å². The largest absolute Gasteiger partial charge is 0.469 e. The lowest BCUT2D eigenvalue weighted by Crippen LogP contribution is -2.01. The Balaban J connectivity index is 2.14. The molecule has 0 aliphatic rings. The molecule has 0 amide bonds. The van der Waals surface area contributed by atoms with Crippen LogP contribution in [0.1, 0.15) is 12.1 Å². The van der Waals surface area contributed by atoms with Crippen molar-refractivity contribution in [2.24, 2.45) is 0 Å². The van der Waals surface area contributed by atoms with Crippen LogP contribution in [0.3, 0.4) is 0 Å². The van der Waals surface area contributed by atoms with Gasteiger partial charge in [0.1, 0.15) is 16.6 Å². The van der Waals surface area contributed by atoms with Crippen molar-refractivity contribution in [3.63, 3.8) is 0 Å². The molecule has 19 heavy (non-hydrogen) atoms. The molecule has 0 N–H and O–H groups in total. The number of methoxy groups -OCH3 is 1. The van der Waals surface area contributed by atoms with E-state index in [9.17, 15) is 13.6 Å². The Bertz CT molecular complexity index is 598. The lowest BCUT2D eigenvalue weighted by atomic mass is 10.2. The van der Waals surface area contributed by atoms with E-state index in [0.29, 0.717) is 17.1 Å². The summed E-state index contributed by atoms with van der Waals surface area (Å²) in [4.78, 5) is 15.2. The van der Waals surface area contributed by atoms with Crippen molar-refractivity contribution in [2.75, 3.05) is 7.11 Å². The first-order valence-corrected chi connectivity index (χ1v) is 6.44. The van der Waals surface area contributed by atoms with Gasteiger partial charge in [-0.3, -0.25) is 4.79 Å². The van der Waals surface area contributed by atoms with Gasteiger partial charge in [0.15, 0.2) is 0 Å². The minimum absolute atomic E-state index is 0.228. The van der Waals surface area contributed by atoms with E-state index >= 15 is 0 Å². The van der Waals surface area contributed by atoms with Crippen LogP contribution >= 0.6 is 11.3 Å². The first-order chi connectivity index (χ1) is 9.10. The van der Waals surface area contributed by atoms with Crippen molar-refractivity contribution in [1.29, 1.82) is 0 Å². The van der Waals surface area contributed by atoms with Gasteiger partial charge in [0.25, 0.3) is 0 Å². The fourth-order valence-corrected chi connectivity index (χ4v) is 2.42. The zero-order valence-corrected chi connectivity index (χ0v) is 11.0. The molecular weight excluding hydrogens is 272 g/mol. The predicted molar refractivity (Wildman–Crippen MR) is 67.8 cm³/mol. The molecule has 0 fully saturated rings. The second-order valence-electron chi connectivity index (χ2n) is 3.84. The third-order valence-electron chi connectivity index (χ3n) is 2.53. The van der Waals surface area contributed by atoms with Gasteiger partial charge in [0.2, 0.25) is 0 Å². The maximum Gasteiger partial charge on any atom is 0.305 e. The number of carbonyl (C=O) groups is 1. The fourth-order valence-electron chi connectivity index (χ4n) is 1.54. The Morgan fingerprint density at radius 1 is 1.42 bits per heavy atom. The minimum atomic E-state index is -0.645. The van der Waals surface area contributed by atoms with Crippen LogP contribution in [0.5, 0.6) is 0 Å². The molecule has 1 heterocycles. The standard InChI is InChI=1S/C13H11F2NO2S/c1-18-12(17)5-3-9-7-19-13(16-9)10-4-2-8(14)6-11(10)15/h2,4,6-7H,3,5H2,1H3. The number of ether oxygens (including phenoxy) is 1. The molecule has 3 nitrogen and oxygen atoms in total. The summed E-state index contributed by atoms with van der Waals surface area (Å²) in [5.41, 5.74) is 0.949. The van der Waals surface area contributed by atoms with E-state index in [0.717, 1.165) is 6.07 Å². The Morgan fingerprint density at radius 3 is 2.89 bits per heavy atom. The first kappa shape index (κ1) is 13.6. The smallest absolute Gasteiger partial charge is 0.305 e. The van der Waals surface area contributed by atoms with E-state index in [1.807, 2.05) is 0 Å². The van der Waals surface area contributed by atoms with E-state index < -0.39 is 11.6 Å². The van der Waals surface area contributed by atoms with Crippen LogP contribution in [0, 0.1) is 11.6 Å². The van der Waals surface area contributed by atoms with Gasteiger partial charge in [-0.2, -0.15) is 0 Å². The number of nitrogens with zero attached hydrogens (tertiary/aromatic N) is 1. The summed E-state index contributed by atoms with van der Waals surface area (Å²) in [5.74, 6) is -1.58. The number of aryl methyl sites for hydroxylation is 1. The average molecular weight is 283 g/mol. The molecule has 1 aromatic carbocycles. The molecule has 6 heteroatoms. The summed E-state index contributed by atoms with van der Waals surface area (Å²) in [7, 11) is 1.32. The summed E-state index contributed by atoms with van der Waals surface area (Å²) < 4.78 is 30.9. The quantitative estimate of drug-likeness (QED) is 0.809. The number of benzene rings is 1. The molecule has 0 aliphatic heterocycles. The fraction of sp³-hybridized carbons (Fsp3) is 0.231. The molecule has 0 radical (unpaired) electrons.